The van der Waals surface area contributed by atoms with Gasteiger partial charge in [-0.15, -0.1) is 0 Å². The fraction of sp³-hybridized carbons (Fsp3) is 0.440. The van der Waals surface area contributed by atoms with Crippen LogP contribution in [0.25, 0.3) is 0 Å². The fourth-order valence-electron chi connectivity index (χ4n) is 4.11. The van der Waals surface area contributed by atoms with E-state index in [1.807, 2.05) is 31.2 Å². The summed E-state index contributed by atoms with van der Waals surface area (Å²) >= 11 is 3.38. The summed E-state index contributed by atoms with van der Waals surface area (Å²) in [5, 5.41) is 3.06. The molecule has 2 aromatic rings. The number of hydrogen-bond donors (Lipinski definition) is 1. The number of halogens is 1. The third-order valence-electron chi connectivity index (χ3n) is 6.14. The Balaban J connectivity index is 1.88. The summed E-state index contributed by atoms with van der Waals surface area (Å²) in [6.45, 7) is 3.46. The molecule has 7 nitrogen and oxygen atoms in total. The first kappa shape index (κ1) is 26.2. The van der Waals surface area contributed by atoms with Crippen molar-refractivity contribution in [1.29, 1.82) is 0 Å². The maximum Gasteiger partial charge on any atom is 0.244 e. The number of aryl methyl sites for hydroxylation is 1. The second-order valence-corrected chi connectivity index (χ2v) is 11.7. The van der Waals surface area contributed by atoms with Gasteiger partial charge in [-0.1, -0.05) is 54.8 Å². The lowest BCUT2D eigenvalue weighted by Gasteiger charge is -2.32. The predicted molar refractivity (Wildman–Crippen MR) is 138 cm³/mol. The van der Waals surface area contributed by atoms with Gasteiger partial charge in [0.05, 0.1) is 11.9 Å². The summed E-state index contributed by atoms with van der Waals surface area (Å²) in [7, 11) is -3.76. The van der Waals surface area contributed by atoms with Crippen LogP contribution in [0.1, 0.15) is 43.7 Å². The summed E-state index contributed by atoms with van der Waals surface area (Å²) in [4.78, 5) is 28.1. The smallest absolute Gasteiger partial charge is 0.244 e. The Morgan fingerprint density at radius 1 is 1.09 bits per heavy atom. The Bertz CT molecular complexity index is 1120. The van der Waals surface area contributed by atoms with Crippen LogP contribution in [-0.2, 0) is 26.2 Å². The van der Waals surface area contributed by atoms with E-state index in [4.69, 9.17) is 0 Å². The van der Waals surface area contributed by atoms with Crippen LogP contribution >= 0.6 is 15.9 Å². The van der Waals surface area contributed by atoms with Crippen molar-refractivity contribution in [3.05, 3.63) is 64.1 Å². The van der Waals surface area contributed by atoms with Crippen LogP contribution in [0.4, 0.5) is 5.69 Å². The summed E-state index contributed by atoms with van der Waals surface area (Å²) < 4.78 is 26.9. The number of amides is 2. The van der Waals surface area contributed by atoms with E-state index in [1.165, 1.54) is 4.90 Å². The second kappa shape index (κ2) is 11.4. The summed E-state index contributed by atoms with van der Waals surface area (Å²) in [5.41, 5.74) is 2.33. The first-order valence-corrected chi connectivity index (χ1v) is 14.1. The molecule has 0 heterocycles. The van der Waals surface area contributed by atoms with Crippen molar-refractivity contribution in [3.8, 4) is 0 Å². The van der Waals surface area contributed by atoms with E-state index >= 15 is 0 Å². The Kier molecular flexibility index (Phi) is 8.76. The minimum atomic E-state index is -3.76. The number of rotatable bonds is 9. The molecule has 1 saturated carbocycles. The molecule has 1 unspecified atom stereocenters. The highest BCUT2D eigenvalue weighted by atomic mass is 79.9. The molecule has 1 aliphatic rings. The molecule has 1 N–H and O–H groups in total. The molecule has 1 atom stereocenters. The number of nitrogens with one attached hydrogen (secondary N) is 1. The van der Waals surface area contributed by atoms with E-state index in [0.29, 0.717) is 10.2 Å². The third-order valence-corrected chi connectivity index (χ3v) is 7.94. The van der Waals surface area contributed by atoms with Crippen LogP contribution in [0, 0.1) is 6.92 Å². The van der Waals surface area contributed by atoms with Crippen LogP contribution < -0.4 is 9.62 Å². The fourth-order valence-corrected chi connectivity index (χ4v) is 5.59. The van der Waals surface area contributed by atoms with Crippen LogP contribution in [0.2, 0.25) is 0 Å². The molecular weight excluding hydrogens is 518 g/mol. The molecular formula is C25H32BrN3O4S. The lowest BCUT2D eigenvalue weighted by molar-refractivity contribution is -0.139. The highest BCUT2D eigenvalue weighted by Gasteiger charge is 2.31. The molecule has 9 heteroatoms. The molecule has 0 spiro atoms. The van der Waals surface area contributed by atoms with Crippen LogP contribution in [0.5, 0.6) is 0 Å². The molecule has 3 rings (SSSR count). The van der Waals surface area contributed by atoms with Gasteiger partial charge < -0.3 is 10.2 Å². The van der Waals surface area contributed by atoms with Gasteiger partial charge in [0.25, 0.3) is 0 Å². The molecule has 0 saturated heterocycles. The monoisotopic (exact) mass is 549 g/mol. The standard InChI is InChI=1S/C25H32BrN3O4S/c1-18-12-14-20(15-13-18)16-28(19(2)25(31)27-21-8-4-5-9-21)24(30)17-29(34(3,32)33)23-11-7-6-10-22(23)26/h6-7,10-15,19,21H,4-5,8-9,16-17H2,1-3H3,(H,27,31). The number of sulfonamides is 1. The Morgan fingerprint density at radius 2 is 1.71 bits per heavy atom. The van der Waals surface area contributed by atoms with E-state index in [2.05, 4.69) is 21.2 Å². The Labute approximate surface area is 210 Å². The van der Waals surface area contributed by atoms with Crippen molar-refractivity contribution in [2.75, 3.05) is 17.1 Å². The average Bonchev–Trinajstić information content (AvgIpc) is 3.29. The first-order valence-electron chi connectivity index (χ1n) is 11.4. The molecule has 2 aromatic carbocycles. The van der Waals surface area contributed by atoms with Crippen LogP contribution in [0.15, 0.2) is 53.0 Å². The van der Waals surface area contributed by atoms with Gasteiger partial charge in [-0.05, 0) is 60.3 Å². The van der Waals surface area contributed by atoms with Gasteiger partial charge in [-0.3, -0.25) is 13.9 Å². The van der Waals surface area contributed by atoms with Crippen LogP contribution in [-0.4, -0.2) is 50.0 Å². The van der Waals surface area contributed by atoms with Crippen molar-refractivity contribution < 1.29 is 18.0 Å². The molecule has 34 heavy (non-hydrogen) atoms. The van der Waals surface area contributed by atoms with Crippen molar-refractivity contribution in [2.24, 2.45) is 0 Å². The molecule has 1 aliphatic carbocycles. The lowest BCUT2D eigenvalue weighted by atomic mass is 10.1. The molecule has 0 aliphatic heterocycles. The zero-order valence-electron chi connectivity index (χ0n) is 19.8. The van der Waals surface area contributed by atoms with Crippen molar-refractivity contribution in [2.45, 2.75) is 58.2 Å². The van der Waals surface area contributed by atoms with Gasteiger partial charge >= 0.3 is 0 Å². The van der Waals surface area contributed by atoms with E-state index in [-0.39, 0.29) is 18.5 Å². The van der Waals surface area contributed by atoms with Crippen molar-refractivity contribution >= 4 is 43.5 Å². The largest absolute Gasteiger partial charge is 0.352 e. The molecule has 184 valence electrons. The van der Waals surface area contributed by atoms with Gasteiger partial charge in [0.15, 0.2) is 0 Å². The lowest BCUT2D eigenvalue weighted by Crippen LogP contribution is -2.52. The minimum Gasteiger partial charge on any atom is -0.352 e. The van der Waals surface area contributed by atoms with Gasteiger partial charge in [-0.2, -0.15) is 0 Å². The van der Waals surface area contributed by atoms with E-state index in [0.717, 1.165) is 47.4 Å². The average molecular weight is 551 g/mol. The quantitative estimate of drug-likeness (QED) is 0.512. The minimum absolute atomic E-state index is 0.124. The Hall–Kier alpha value is -2.39. The summed E-state index contributed by atoms with van der Waals surface area (Å²) in [6.07, 6.45) is 5.12. The van der Waals surface area contributed by atoms with Crippen molar-refractivity contribution in [1.82, 2.24) is 10.2 Å². The van der Waals surface area contributed by atoms with Gasteiger partial charge in [0.2, 0.25) is 21.8 Å². The maximum absolute atomic E-state index is 13.6. The number of carbonyl (C=O) groups is 2. The van der Waals surface area contributed by atoms with Gasteiger partial charge in [-0.25, -0.2) is 8.42 Å². The maximum atomic E-state index is 13.6. The van der Waals surface area contributed by atoms with E-state index in [9.17, 15) is 18.0 Å². The second-order valence-electron chi connectivity index (χ2n) is 8.89. The molecule has 0 bridgehead atoms. The first-order chi connectivity index (χ1) is 16.1. The zero-order valence-corrected chi connectivity index (χ0v) is 22.2. The number of benzene rings is 2. The molecule has 0 radical (unpaired) electrons. The predicted octanol–water partition coefficient (Wildman–Crippen LogP) is 4.00. The number of nitrogens with zero attached hydrogens (tertiary/aromatic N) is 2. The van der Waals surface area contributed by atoms with Crippen molar-refractivity contribution in [3.63, 3.8) is 0 Å². The highest BCUT2D eigenvalue weighted by molar-refractivity contribution is 9.10. The Morgan fingerprint density at radius 3 is 2.29 bits per heavy atom. The number of hydrogen-bond acceptors (Lipinski definition) is 4. The zero-order chi connectivity index (χ0) is 24.9. The molecule has 2 amide bonds. The summed E-state index contributed by atoms with van der Waals surface area (Å²) in [6, 6.07) is 13.9. The molecule has 1 fully saturated rings. The van der Waals surface area contributed by atoms with Gasteiger partial charge in [0, 0.05) is 17.1 Å². The number of para-hydroxylation sites is 1. The van der Waals surface area contributed by atoms with E-state index in [1.54, 1.807) is 31.2 Å². The van der Waals surface area contributed by atoms with E-state index < -0.39 is 28.5 Å². The SMILES string of the molecule is Cc1ccc(CN(C(=O)CN(c2ccccc2Br)S(C)(=O)=O)C(C)C(=O)NC2CCCC2)cc1. The number of anilines is 1. The highest BCUT2D eigenvalue weighted by Crippen LogP contribution is 2.28. The number of carbonyl (C=O) groups excluding carboxylic acids is 2. The normalized spacial score (nSPS) is 15.1. The topological polar surface area (TPSA) is 86.8 Å². The molecule has 0 aromatic heterocycles. The van der Waals surface area contributed by atoms with Gasteiger partial charge in [0.1, 0.15) is 12.6 Å². The van der Waals surface area contributed by atoms with Crippen LogP contribution in [0.3, 0.4) is 0 Å². The summed E-state index contributed by atoms with van der Waals surface area (Å²) in [5.74, 6) is -0.671. The third kappa shape index (κ3) is 6.82.